The fourth-order valence-corrected chi connectivity index (χ4v) is 3.17. The summed E-state index contributed by atoms with van der Waals surface area (Å²) >= 11 is 0. The molecule has 1 heterocycles. The van der Waals surface area contributed by atoms with Crippen molar-refractivity contribution in [1.82, 2.24) is 0 Å². The second kappa shape index (κ2) is 6.79. The lowest BCUT2D eigenvalue weighted by Crippen LogP contribution is -2.60. The number of nitro benzene ring substituents is 1. The van der Waals surface area contributed by atoms with Gasteiger partial charge in [-0.05, 0) is 32.0 Å². The lowest BCUT2D eigenvalue weighted by atomic mass is 9.96. The van der Waals surface area contributed by atoms with E-state index in [-0.39, 0.29) is 24.1 Å². The number of likely N-dealkylation sites (N-methyl/N-ethyl adjacent to an activating group) is 1. The average molecular weight is 371 g/mol. The van der Waals surface area contributed by atoms with E-state index in [2.05, 4.69) is 0 Å². The van der Waals surface area contributed by atoms with Gasteiger partial charge < -0.3 is 19.3 Å². The summed E-state index contributed by atoms with van der Waals surface area (Å²) in [6.07, 6.45) is 0. The van der Waals surface area contributed by atoms with Crippen LogP contribution in [0.2, 0.25) is 0 Å². The molecular formula is C19H21N3O5. The van der Waals surface area contributed by atoms with Gasteiger partial charge in [0.15, 0.2) is 18.2 Å². The number of non-ortho nitro benzene ring substituents is 1. The highest BCUT2D eigenvalue weighted by Gasteiger charge is 2.43. The molecule has 142 valence electrons. The standard InChI is InChI=1S/C19H21N3O5/c1-19(2)18(23)20(3)14-7-5-6-8-15(14)21(19)12-27-17-11-13(22(24)25)9-10-16(17)26-4/h5-11H,12H2,1-4H3. The zero-order valence-corrected chi connectivity index (χ0v) is 15.6. The number of carbonyl (C=O) groups excluding carboxylic acids is 1. The first-order chi connectivity index (χ1) is 12.8. The molecule has 2 aromatic carbocycles. The molecule has 3 rings (SSSR count). The van der Waals surface area contributed by atoms with Gasteiger partial charge in [0, 0.05) is 13.1 Å². The number of rotatable bonds is 5. The SMILES string of the molecule is COc1ccc([N+](=O)[O-])cc1OCN1c2ccccc2N(C)C(=O)C1(C)C. The van der Waals surface area contributed by atoms with Crippen molar-refractivity contribution in [2.45, 2.75) is 19.4 Å². The predicted octanol–water partition coefficient (Wildman–Crippen LogP) is 3.20. The van der Waals surface area contributed by atoms with E-state index in [9.17, 15) is 14.9 Å². The minimum atomic E-state index is -0.850. The number of ether oxygens (including phenoxy) is 2. The fourth-order valence-electron chi connectivity index (χ4n) is 3.17. The smallest absolute Gasteiger partial charge is 0.273 e. The van der Waals surface area contributed by atoms with E-state index >= 15 is 0 Å². The third-order valence-corrected chi connectivity index (χ3v) is 4.74. The zero-order valence-electron chi connectivity index (χ0n) is 15.6. The number of benzene rings is 2. The molecule has 0 fully saturated rings. The average Bonchev–Trinajstić information content (AvgIpc) is 2.66. The summed E-state index contributed by atoms with van der Waals surface area (Å²) in [6.45, 7) is 3.66. The van der Waals surface area contributed by atoms with E-state index < -0.39 is 10.5 Å². The molecule has 0 N–H and O–H groups in total. The number of fused-ring (bicyclic) bond motifs is 1. The Morgan fingerprint density at radius 1 is 1.11 bits per heavy atom. The Balaban J connectivity index is 1.95. The Kier molecular flexibility index (Phi) is 4.65. The number of hydrogen-bond acceptors (Lipinski definition) is 6. The number of carbonyl (C=O) groups is 1. The van der Waals surface area contributed by atoms with Crippen LogP contribution in [0.15, 0.2) is 42.5 Å². The van der Waals surface area contributed by atoms with Crippen LogP contribution in [0.5, 0.6) is 11.5 Å². The van der Waals surface area contributed by atoms with Crippen molar-refractivity contribution in [3.8, 4) is 11.5 Å². The molecule has 1 aliphatic heterocycles. The largest absolute Gasteiger partial charge is 0.493 e. The van der Waals surface area contributed by atoms with Gasteiger partial charge in [0.25, 0.3) is 11.6 Å². The highest BCUT2D eigenvalue weighted by atomic mass is 16.6. The normalized spacial score (nSPS) is 15.3. The summed E-state index contributed by atoms with van der Waals surface area (Å²) < 4.78 is 11.1. The van der Waals surface area contributed by atoms with E-state index in [1.165, 1.54) is 25.3 Å². The van der Waals surface area contributed by atoms with E-state index in [1.807, 2.05) is 43.0 Å². The summed E-state index contributed by atoms with van der Waals surface area (Å²) in [6, 6.07) is 11.7. The van der Waals surface area contributed by atoms with Crippen LogP contribution in [0.4, 0.5) is 17.1 Å². The summed E-state index contributed by atoms with van der Waals surface area (Å²) in [5, 5.41) is 11.1. The fraction of sp³-hybridized carbons (Fsp3) is 0.316. The molecule has 0 saturated heterocycles. The quantitative estimate of drug-likeness (QED) is 0.593. The molecule has 0 unspecified atom stereocenters. The molecule has 2 aromatic rings. The van der Waals surface area contributed by atoms with Gasteiger partial charge in [-0.3, -0.25) is 14.9 Å². The first-order valence-electron chi connectivity index (χ1n) is 8.37. The van der Waals surface area contributed by atoms with Gasteiger partial charge in [-0.25, -0.2) is 0 Å². The third-order valence-electron chi connectivity index (χ3n) is 4.74. The molecule has 0 aromatic heterocycles. The molecule has 0 aliphatic carbocycles. The number of amides is 1. The van der Waals surface area contributed by atoms with E-state index in [0.29, 0.717) is 5.75 Å². The van der Waals surface area contributed by atoms with Crippen molar-refractivity contribution in [3.05, 3.63) is 52.6 Å². The highest BCUT2D eigenvalue weighted by Crippen LogP contribution is 2.40. The number of anilines is 2. The molecule has 0 atom stereocenters. The van der Waals surface area contributed by atoms with E-state index in [1.54, 1.807) is 11.9 Å². The van der Waals surface area contributed by atoms with Crippen LogP contribution in [0.1, 0.15) is 13.8 Å². The van der Waals surface area contributed by atoms with Crippen LogP contribution in [0.3, 0.4) is 0 Å². The number of para-hydroxylation sites is 2. The Morgan fingerprint density at radius 2 is 1.78 bits per heavy atom. The Hall–Kier alpha value is -3.29. The molecule has 0 saturated carbocycles. The van der Waals surface area contributed by atoms with Crippen molar-refractivity contribution in [2.24, 2.45) is 0 Å². The molecule has 0 radical (unpaired) electrons. The molecule has 8 nitrogen and oxygen atoms in total. The topological polar surface area (TPSA) is 85.2 Å². The highest BCUT2D eigenvalue weighted by molar-refractivity contribution is 6.07. The monoisotopic (exact) mass is 371 g/mol. The molecule has 0 bridgehead atoms. The maximum Gasteiger partial charge on any atom is 0.273 e. The van der Waals surface area contributed by atoms with Crippen LogP contribution >= 0.6 is 0 Å². The Labute approximate surface area is 157 Å². The number of methoxy groups -OCH3 is 1. The van der Waals surface area contributed by atoms with Gasteiger partial charge >= 0.3 is 0 Å². The maximum absolute atomic E-state index is 12.8. The van der Waals surface area contributed by atoms with Crippen LogP contribution in [0.25, 0.3) is 0 Å². The Morgan fingerprint density at radius 3 is 2.41 bits per heavy atom. The maximum atomic E-state index is 12.8. The van der Waals surface area contributed by atoms with Gasteiger partial charge in [0.1, 0.15) is 5.54 Å². The number of nitro groups is 1. The van der Waals surface area contributed by atoms with Crippen molar-refractivity contribution in [3.63, 3.8) is 0 Å². The van der Waals surface area contributed by atoms with Crippen LogP contribution in [-0.2, 0) is 4.79 Å². The molecule has 0 spiro atoms. The van der Waals surface area contributed by atoms with Gasteiger partial charge in [0.05, 0.1) is 29.5 Å². The summed E-state index contributed by atoms with van der Waals surface area (Å²) in [5.41, 5.74) is 0.669. The van der Waals surface area contributed by atoms with Gasteiger partial charge in [-0.15, -0.1) is 0 Å². The molecule has 1 aliphatic rings. The van der Waals surface area contributed by atoms with Crippen molar-refractivity contribution >= 4 is 23.0 Å². The number of hydrogen-bond donors (Lipinski definition) is 0. The van der Waals surface area contributed by atoms with Crippen LogP contribution in [0, 0.1) is 10.1 Å². The molecule has 8 heteroatoms. The summed E-state index contributed by atoms with van der Waals surface area (Å²) in [5.74, 6) is 0.550. The second-order valence-electron chi connectivity index (χ2n) is 6.71. The van der Waals surface area contributed by atoms with E-state index in [0.717, 1.165) is 11.4 Å². The summed E-state index contributed by atoms with van der Waals surface area (Å²) in [4.78, 5) is 26.8. The van der Waals surface area contributed by atoms with Gasteiger partial charge in [-0.2, -0.15) is 0 Å². The van der Waals surface area contributed by atoms with Crippen LogP contribution < -0.4 is 19.3 Å². The Bertz CT molecular complexity index is 897. The summed E-state index contributed by atoms with van der Waals surface area (Å²) in [7, 11) is 3.21. The molecular weight excluding hydrogens is 350 g/mol. The van der Waals surface area contributed by atoms with Crippen LogP contribution in [-0.4, -0.2) is 37.3 Å². The first kappa shape index (κ1) is 18.5. The zero-order chi connectivity index (χ0) is 19.8. The predicted molar refractivity (Wildman–Crippen MR) is 102 cm³/mol. The minimum absolute atomic E-state index is 0.0289. The first-order valence-corrected chi connectivity index (χ1v) is 8.37. The van der Waals surface area contributed by atoms with Gasteiger partial charge in [-0.1, -0.05) is 12.1 Å². The molecule has 27 heavy (non-hydrogen) atoms. The lowest BCUT2D eigenvalue weighted by Gasteiger charge is -2.46. The van der Waals surface area contributed by atoms with E-state index in [4.69, 9.17) is 9.47 Å². The lowest BCUT2D eigenvalue weighted by molar-refractivity contribution is -0.385. The number of nitrogens with zero attached hydrogens (tertiary/aromatic N) is 3. The third kappa shape index (κ3) is 3.14. The van der Waals surface area contributed by atoms with Crippen molar-refractivity contribution < 1.29 is 19.2 Å². The van der Waals surface area contributed by atoms with Crippen molar-refractivity contribution in [1.29, 1.82) is 0 Å². The minimum Gasteiger partial charge on any atom is -0.493 e. The van der Waals surface area contributed by atoms with Crippen molar-refractivity contribution in [2.75, 3.05) is 30.7 Å². The molecule has 1 amide bonds. The van der Waals surface area contributed by atoms with Gasteiger partial charge in [0.2, 0.25) is 0 Å². The second-order valence-corrected chi connectivity index (χ2v) is 6.71.